The average Bonchev–Trinajstić information content (AvgIpc) is 3.18. The van der Waals surface area contributed by atoms with Gasteiger partial charge in [-0.15, -0.1) is 0 Å². The van der Waals surface area contributed by atoms with Crippen molar-refractivity contribution < 1.29 is 17.9 Å². The van der Waals surface area contributed by atoms with Crippen LogP contribution in [0.5, 0.6) is 5.75 Å². The van der Waals surface area contributed by atoms with Gasteiger partial charge in [-0.1, -0.05) is 28.1 Å². The number of benzene rings is 2. The van der Waals surface area contributed by atoms with E-state index in [-0.39, 0.29) is 17.2 Å². The van der Waals surface area contributed by atoms with Crippen LogP contribution in [0.1, 0.15) is 25.3 Å². The Morgan fingerprint density at radius 3 is 2.61 bits per heavy atom. The van der Waals surface area contributed by atoms with Crippen LogP contribution in [-0.4, -0.2) is 38.3 Å². The van der Waals surface area contributed by atoms with E-state index in [1.165, 1.54) is 10.4 Å². The zero-order chi connectivity index (χ0) is 20.1. The number of rotatable bonds is 7. The predicted octanol–water partition coefficient (Wildman–Crippen LogP) is 3.81. The van der Waals surface area contributed by atoms with Crippen LogP contribution >= 0.6 is 15.9 Å². The second-order valence-corrected chi connectivity index (χ2v) is 9.38. The molecule has 0 spiro atoms. The van der Waals surface area contributed by atoms with Gasteiger partial charge in [0.25, 0.3) is 0 Å². The van der Waals surface area contributed by atoms with Gasteiger partial charge in [0, 0.05) is 23.2 Å². The minimum absolute atomic E-state index is 0.0940. The van der Waals surface area contributed by atoms with Crippen molar-refractivity contribution in [1.82, 2.24) is 4.31 Å². The van der Waals surface area contributed by atoms with Crippen LogP contribution in [0.15, 0.2) is 51.8 Å². The molecule has 0 aromatic heterocycles. The van der Waals surface area contributed by atoms with Crippen LogP contribution in [0.4, 0.5) is 5.69 Å². The molecule has 1 saturated heterocycles. The van der Waals surface area contributed by atoms with Crippen molar-refractivity contribution in [2.75, 3.05) is 25.0 Å². The minimum Gasteiger partial charge on any atom is -0.492 e. The second kappa shape index (κ2) is 9.07. The molecule has 1 fully saturated rings. The first-order valence-corrected chi connectivity index (χ1v) is 11.4. The molecule has 3 rings (SSSR count). The highest BCUT2D eigenvalue weighted by molar-refractivity contribution is 9.10. The predicted molar refractivity (Wildman–Crippen MR) is 112 cm³/mol. The monoisotopic (exact) mass is 466 g/mol. The van der Waals surface area contributed by atoms with Crippen molar-refractivity contribution in [3.63, 3.8) is 0 Å². The molecule has 0 saturated carbocycles. The summed E-state index contributed by atoms with van der Waals surface area (Å²) < 4.78 is 33.9. The molecule has 150 valence electrons. The van der Waals surface area contributed by atoms with Gasteiger partial charge in [-0.2, -0.15) is 4.31 Å². The molecule has 2 aromatic rings. The van der Waals surface area contributed by atoms with E-state index >= 15 is 0 Å². The van der Waals surface area contributed by atoms with E-state index in [1.807, 2.05) is 24.3 Å². The van der Waals surface area contributed by atoms with E-state index in [4.69, 9.17) is 4.74 Å². The fraction of sp³-hybridized carbons (Fsp3) is 0.350. The number of carbonyl (C=O) groups excluding carboxylic acids is 1. The summed E-state index contributed by atoms with van der Waals surface area (Å²) in [5.41, 5.74) is 1.30. The quantitative estimate of drug-likeness (QED) is 0.672. The van der Waals surface area contributed by atoms with Gasteiger partial charge < -0.3 is 10.1 Å². The summed E-state index contributed by atoms with van der Waals surface area (Å²) in [5, 5.41) is 2.79. The first kappa shape index (κ1) is 20.8. The second-order valence-electron chi connectivity index (χ2n) is 6.56. The maximum absolute atomic E-state index is 13.0. The van der Waals surface area contributed by atoms with Crippen molar-refractivity contribution in [1.29, 1.82) is 0 Å². The fourth-order valence-electron chi connectivity index (χ4n) is 3.17. The van der Waals surface area contributed by atoms with Crippen LogP contribution in [0, 0.1) is 0 Å². The van der Waals surface area contributed by atoms with Gasteiger partial charge in [0.05, 0.1) is 13.0 Å². The highest BCUT2D eigenvalue weighted by atomic mass is 79.9. The van der Waals surface area contributed by atoms with Crippen molar-refractivity contribution in [2.45, 2.75) is 31.1 Å². The highest BCUT2D eigenvalue weighted by Gasteiger charge is 2.30. The minimum atomic E-state index is -3.66. The van der Waals surface area contributed by atoms with Crippen molar-refractivity contribution in [3.8, 4) is 5.75 Å². The maximum atomic E-state index is 13.0. The molecule has 0 radical (unpaired) electrons. The van der Waals surface area contributed by atoms with Crippen LogP contribution in [0.3, 0.4) is 0 Å². The van der Waals surface area contributed by atoms with Crippen molar-refractivity contribution in [3.05, 3.63) is 52.5 Å². The number of anilines is 1. The highest BCUT2D eigenvalue weighted by Crippen LogP contribution is 2.31. The van der Waals surface area contributed by atoms with Gasteiger partial charge in [0.15, 0.2) is 0 Å². The number of ether oxygens (including phenoxy) is 1. The van der Waals surface area contributed by atoms with Gasteiger partial charge in [-0.25, -0.2) is 8.42 Å². The smallest absolute Gasteiger partial charge is 0.246 e. The van der Waals surface area contributed by atoms with Gasteiger partial charge in [-0.05, 0) is 55.7 Å². The summed E-state index contributed by atoms with van der Waals surface area (Å²) in [6.45, 7) is 3.18. The molecular weight excluding hydrogens is 444 g/mol. The maximum Gasteiger partial charge on any atom is 0.246 e. The topological polar surface area (TPSA) is 75.7 Å². The lowest BCUT2D eigenvalue weighted by Gasteiger charge is -2.19. The molecule has 0 aliphatic carbocycles. The van der Waals surface area contributed by atoms with E-state index in [1.54, 1.807) is 19.1 Å². The lowest BCUT2D eigenvalue weighted by atomic mass is 10.1. The molecule has 0 atom stereocenters. The Hall–Kier alpha value is -1.90. The lowest BCUT2D eigenvalue weighted by Crippen LogP contribution is -2.28. The molecular formula is C20H23BrN2O4S. The summed E-state index contributed by atoms with van der Waals surface area (Å²) in [6, 6.07) is 12.2. The number of nitrogens with one attached hydrogen (secondary N) is 1. The Kier molecular flexibility index (Phi) is 6.74. The van der Waals surface area contributed by atoms with Crippen LogP contribution < -0.4 is 10.1 Å². The summed E-state index contributed by atoms with van der Waals surface area (Å²) in [7, 11) is -3.66. The van der Waals surface area contributed by atoms with Crippen molar-refractivity contribution in [2.24, 2.45) is 0 Å². The molecule has 0 bridgehead atoms. The van der Waals surface area contributed by atoms with E-state index in [2.05, 4.69) is 21.2 Å². The van der Waals surface area contributed by atoms with Gasteiger partial charge in [0.2, 0.25) is 15.9 Å². The Bertz CT molecular complexity index is 956. The summed E-state index contributed by atoms with van der Waals surface area (Å²) >= 11 is 3.39. The summed E-state index contributed by atoms with van der Waals surface area (Å²) in [4.78, 5) is 12.5. The number of sulfonamides is 1. The zero-order valence-electron chi connectivity index (χ0n) is 15.7. The first-order valence-electron chi connectivity index (χ1n) is 9.21. The number of hydrogen-bond donors (Lipinski definition) is 1. The molecule has 28 heavy (non-hydrogen) atoms. The lowest BCUT2D eigenvalue weighted by molar-refractivity contribution is -0.115. The number of amides is 1. The third kappa shape index (κ3) is 4.92. The average molecular weight is 467 g/mol. The van der Waals surface area contributed by atoms with E-state index in [0.29, 0.717) is 31.1 Å². The zero-order valence-corrected chi connectivity index (χ0v) is 18.1. The third-order valence-electron chi connectivity index (χ3n) is 4.46. The largest absolute Gasteiger partial charge is 0.492 e. The SMILES string of the molecule is CCOc1ccc(NC(=O)Cc2cccc(Br)c2)cc1S(=O)(=O)N1CCCC1. The molecule has 1 heterocycles. The molecule has 6 nitrogen and oxygen atoms in total. The fourth-order valence-corrected chi connectivity index (χ4v) is 5.29. The standard InChI is InChI=1S/C20H23BrN2O4S/c1-2-27-18-9-8-17(14-19(18)28(25,26)23-10-3-4-11-23)22-20(24)13-15-6-5-7-16(21)12-15/h5-9,12,14H,2-4,10-11,13H2,1H3,(H,22,24). The first-order chi connectivity index (χ1) is 13.4. The summed E-state index contributed by atoms with van der Waals surface area (Å²) in [6.07, 6.45) is 1.90. The Labute approximate surface area is 174 Å². The van der Waals surface area contributed by atoms with Gasteiger partial charge in [0.1, 0.15) is 10.6 Å². The molecule has 1 aliphatic heterocycles. The molecule has 1 N–H and O–H groups in total. The molecule has 8 heteroatoms. The molecule has 2 aromatic carbocycles. The van der Waals surface area contributed by atoms with Crippen molar-refractivity contribution >= 4 is 37.5 Å². The number of nitrogens with zero attached hydrogens (tertiary/aromatic N) is 1. The third-order valence-corrected chi connectivity index (χ3v) is 6.88. The van der Waals surface area contributed by atoms with Crippen LogP contribution in [-0.2, 0) is 21.2 Å². The Balaban J connectivity index is 1.83. The van der Waals surface area contributed by atoms with E-state index in [0.717, 1.165) is 22.9 Å². The van der Waals surface area contributed by atoms with E-state index in [9.17, 15) is 13.2 Å². The normalized spacial score (nSPS) is 14.8. The Morgan fingerprint density at radius 2 is 1.93 bits per heavy atom. The van der Waals surface area contributed by atoms with Crippen LogP contribution in [0.25, 0.3) is 0 Å². The summed E-state index contributed by atoms with van der Waals surface area (Å²) in [5.74, 6) is 0.0890. The number of hydrogen-bond acceptors (Lipinski definition) is 4. The van der Waals surface area contributed by atoms with E-state index < -0.39 is 10.0 Å². The van der Waals surface area contributed by atoms with Crippen LogP contribution in [0.2, 0.25) is 0 Å². The number of halogens is 1. The van der Waals surface area contributed by atoms with Gasteiger partial charge >= 0.3 is 0 Å². The molecule has 0 unspecified atom stereocenters. The number of carbonyl (C=O) groups is 1. The molecule has 1 amide bonds. The Morgan fingerprint density at radius 1 is 1.18 bits per heavy atom. The van der Waals surface area contributed by atoms with Gasteiger partial charge in [-0.3, -0.25) is 4.79 Å². The molecule has 1 aliphatic rings.